The number of hydrazine groups is 1. The first-order chi connectivity index (χ1) is 8.70. The standard InChI is InChI=1S/C12H13N3O2S/c13-9-2-1-3-10(6-9)18-7-8-4-5-17-11(8)12(16)15-14/h1-6H,7,13-14H2,(H,15,16). The zero-order chi connectivity index (χ0) is 13.0. The number of carbonyl (C=O) groups is 1. The fourth-order valence-corrected chi connectivity index (χ4v) is 2.42. The van der Waals surface area contributed by atoms with Crippen molar-refractivity contribution >= 4 is 23.4 Å². The summed E-state index contributed by atoms with van der Waals surface area (Å²) in [4.78, 5) is 12.4. The van der Waals surface area contributed by atoms with Crippen molar-refractivity contribution in [3.8, 4) is 0 Å². The molecule has 5 nitrogen and oxygen atoms in total. The summed E-state index contributed by atoms with van der Waals surface area (Å²) in [6.45, 7) is 0. The van der Waals surface area contributed by atoms with Crippen molar-refractivity contribution in [2.24, 2.45) is 5.84 Å². The van der Waals surface area contributed by atoms with Gasteiger partial charge in [0.15, 0.2) is 5.76 Å². The van der Waals surface area contributed by atoms with Gasteiger partial charge >= 0.3 is 5.91 Å². The average molecular weight is 263 g/mol. The van der Waals surface area contributed by atoms with Gasteiger partial charge in [0.2, 0.25) is 0 Å². The molecule has 0 bridgehead atoms. The molecular formula is C12H13N3O2S. The molecule has 1 amide bonds. The van der Waals surface area contributed by atoms with E-state index in [1.165, 1.54) is 6.26 Å². The van der Waals surface area contributed by atoms with Gasteiger partial charge < -0.3 is 10.2 Å². The zero-order valence-corrected chi connectivity index (χ0v) is 10.4. The Morgan fingerprint density at radius 3 is 2.94 bits per heavy atom. The molecule has 1 aromatic carbocycles. The third kappa shape index (κ3) is 2.85. The normalized spacial score (nSPS) is 10.3. The molecule has 0 radical (unpaired) electrons. The van der Waals surface area contributed by atoms with Gasteiger partial charge in [0.05, 0.1) is 6.26 Å². The number of benzene rings is 1. The number of carbonyl (C=O) groups excluding carboxylic acids is 1. The molecule has 6 heteroatoms. The van der Waals surface area contributed by atoms with Crippen LogP contribution >= 0.6 is 11.8 Å². The van der Waals surface area contributed by atoms with Crippen LogP contribution in [0.1, 0.15) is 16.1 Å². The molecule has 0 unspecified atom stereocenters. The fourth-order valence-electron chi connectivity index (χ4n) is 1.48. The molecule has 1 aromatic heterocycles. The van der Waals surface area contributed by atoms with Gasteiger partial charge in [-0.25, -0.2) is 5.84 Å². The van der Waals surface area contributed by atoms with Gasteiger partial charge in [0.25, 0.3) is 0 Å². The quantitative estimate of drug-likeness (QED) is 0.257. The Kier molecular flexibility index (Phi) is 3.91. The van der Waals surface area contributed by atoms with Gasteiger partial charge in [-0.3, -0.25) is 10.2 Å². The second-order valence-corrected chi connectivity index (χ2v) is 4.66. The number of nitrogen functional groups attached to an aromatic ring is 2. The number of hydrogen-bond donors (Lipinski definition) is 3. The summed E-state index contributed by atoms with van der Waals surface area (Å²) in [6, 6.07) is 9.32. The number of amides is 1. The largest absolute Gasteiger partial charge is 0.459 e. The van der Waals surface area contributed by atoms with E-state index in [0.717, 1.165) is 10.5 Å². The van der Waals surface area contributed by atoms with Crippen molar-refractivity contribution in [2.45, 2.75) is 10.6 Å². The van der Waals surface area contributed by atoms with Crippen molar-refractivity contribution in [1.82, 2.24) is 5.43 Å². The third-order valence-electron chi connectivity index (χ3n) is 2.34. The lowest BCUT2D eigenvalue weighted by Crippen LogP contribution is -2.30. The van der Waals surface area contributed by atoms with Crippen LogP contribution in [0.3, 0.4) is 0 Å². The van der Waals surface area contributed by atoms with E-state index in [1.807, 2.05) is 24.3 Å². The van der Waals surface area contributed by atoms with Gasteiger partial charge in [-0.1, -0.05) is 6.07 Å². The molecular weight excluding hydrogens is 250 g/mol. The maximum absolute atomic E-state index is 11.4. The van der Waals surface area contributed by atoms with E-state index < -0.39 is 5.91 Å². The van der Waals surface area contributed by atoms with Crippen molar-refractivity contribution in [3.05, 3.63) is 47.9 Å². The smallest absolute Gasteiger partial charge is 0.301 e. The number of nitrogens with one attached hydrogen (secondary N) is 1. The van der Waals surface area contributed by atoms with E-state index in [4.69, 9.17) is 16.0 Å². The first kappa shape index (κ1) is 12.5. The minimum Gasteiger partial charge on any atom is -0.459 e. The number of furan rings is 1. The molecule has 1 heterocycles. The van der Waals surface area contributed by atoms with E-state index in [-0.39, 0.29) is 5.76 Å². The Labute approximate surface area is 108 Å². The Hall–Kier alpha value is -1.92. The van der Waals surface area contributed by atoms with Crippen LogP contribution in [-0.2, 0) is 5.75 Å². The topological polar surface area (TPSA) is 94.3 Å². The Morgan fingerprint density at radius 1 is 1.39 bits per heavy atom. The van der Waals surface area contributed by atoms with Crippen LogP contribution in [0.25, 0.3) is 0 Å². The van der Waals surface area contributed by atoms with E-state index in [9.17, 15) is 4.79 Å². The molecule has 94 valence electrons. The lowest BCUT2D eigenvalue weighted by molar-refractivity contribution is 0.0925. The Bertz CT molecular complexity index is 554. The second-order valence-electron chi connectivity index (χ2n) is 3.61. The summed E-state index contributed by atoms with van der Waals surface area (Å²) < 4.78 is 5.10. The zero-order valence-electron chi connectivity index (χ0n) is 9.55. The number of hydrogen-bond acceptors (Lipinski definition) is 5. The molecule has 0 spiro atoms. The molecule has 0 aliphatic carbocycles. The van der Waals surface area contributed by atoms with Crippen LogP contribution in [0.15, 0.2) is 45.9 Å². The van der Waals surface area contributed by atoms with Gasteiger partial charge in [0.1, 0.15) is 0 Å². The number of anilines is 1. The molecule has 0 aliphatic rings. The van der Waals surface area contributed by atoms with Crippen molar-refractivity contribution in [3.63, 3.8) is 0 Å². The van der Waals surface area contributed by atoms with Crippen LogP contribution in [0.5, 0.6) is 0 Å². The minimum absolute atomic E-state index is 0.244. The summed E-state index contributed by atoms with van der Waals surface area (Å²) in [5.74, 6) is 5.51. The summed E-state index contributed by atoms with van der Waals surface area (Å²) in [6.07, 6.45) is 1.47. The highest BCUT2D eigenvalue weighted by molar-refractivity contribution is 7.98. The maximum Gasteiger partial charge on any atom is 0.301 e. The summed E-state index contributed by atoms with van der Waals surface area (Å²) in [7, 11) is 0. The maximum atomic E-state index is 11.4. The third-order valence-corrected chi connectivity index (χ3v) is 3.38. The summed E-state index contributed by atoms with van der Waals surface area (Å²) in [5.41, 5.74) is 9.26. The fraction of sp³-hybridized carbons (Fsp3) is 0.0833. The van der Waals surface area contributed by atoms with Crippen molar-refractivity contribution in [1.29, 1.82) is 0 Å². The lowest BCUT2D eigenvalue weighted by atomic mass is 10.3. The highest BCUT2D eigenvalue weighted by atomic mass is 32.2. The molecule has 2 aromatic rings. The minimum atomic E-state index is -0.428. The van der Waals surface area contributed by atoms with E-state index >= 15 is 0 Å². The molecule has 0 aliphatic heterocycles. The van der Waals surface area contributed by atoms with Gasteiger partial charge in [0, 0.05) is 21.9 Å². The SMILES string of the molecule is NNC(=O)c1occc1CSc1cccc(N)c1. The van der Waals surface area contributed by atoms with E-state index in [1.54, 1.807) is 17.8 Å². The molecule has 0 saturated carbocycles. The number of rotatable bonds is 4. The second kappa shape index (κ2) is 5.61. The van der Waals surface area contributed by atoms with Crippen LogP contribution < -0.4 is 17.0 Å². The highest BCUT2D eigenvalue weighted by Crippen LogP contribution is 2.26. The monoisotopic (exact) mass is 263 g/mol. The molecule has 18 heavy (non-hydrogen) atoms. The molecule has 2 rings (SSSR count). The van der Waals surface area contributed by atoms with Crippen molar-refractivity contribution in [2.75, 3.05) is 5.73 Å². The average Bonchev–Trinajstić information content (AvgIpc) is 2.84. The molecule has 5 N–H and O–H groups in total. The number of nitrogens with two attached hydrogens (primary N) is 2. The first-order valence-corrected chi connectivity index (χ1v) is 6.25. The predicted octanol–water partition coefficient (Wildman–Crippen LogP) is 1.76. The summed E-state index contributed by atoms with van der Waals surface area (Å²) in [5, 5.41) is 0. The molecule has 0 atom stereocenters. The van der Waals surface area contributed by atoms with Gasteiger partial charge in [-0.2, -0.15) is 0 Å². The van der Waals surface area contributed by atoms with Crippen LogP contribution in [0, 0.1) is 0 Å². The predicted molar refractivity (Wildman–Crippen MR) is 70.8 cm³/mol. The van der Waals surface area contributed by atoms with Crippen LogP contribution in [0.2, 0.25) is 0 Å². The highest BCUT2D eigenvalue weighted by Gasteiger charge is 2.14. The van der Waals surface area contributed by atoms with Gasteiger partial charge in [-0.05, 0) is 24.3 Å². The van der Waals surface area contributed by atoms with E-state index in [0.29, 0.717) is 11.4 Å². The summed E-state index contributed by atoms with van der Waals surface area (Å²) >= 11 is 1.57. The van der Waals surface area contributed by atoms with Crippen LogP contribution in [0.4, 0.5) is 5.69 Å². The van der Waals surface area contributed by atoms with E-state index in [2.05, 4.69) is 5.43 Å². The van der Waals surface area contributed by atoms with Crippen LogP contribution in [-0.4, -0.2) is 5.91 Å². The molecule has 0 saturated heterocycles. The molecule has 0 fully saturated rings. The Balaban J connectivity index is 2.07. The first-order valence-electron chi connectivity index (χ1n) is 5.26. The number of thioether (sulfide) groups is 1. The lowest BCUT2D eigenvalue weighted by Gasteiger charge is -2.03. The van der Waals surface area contributed by atoms with Crippen molar-refractivity contribution < 1.29 is 9.21 Å². The Morgan fingerprint density at radius 2 is 2.22 bits per heavy atom. The van der Waals surface area contributed by atoms with Gasteiger partial charge in [-0.15, -0.1) is 11.8 Å².